The number of carbonyl (C=O) groups excluding carboxylic acids is 2. The van der Waals surface area contributed by atoms with E-state index in [1.165, 1.54) is 0 Å². The van der Waals surface area contributed by atoms with Gasteiger partial charge in [-0.1, -0.05) is 30.3 Å². The smallest absolute Gasteiger partial charge is 0.408 e. The zero-order chi connectivity index (χ0) is 15.7. The second kappa shape index (κ2) is 7.78. The number of nitrogens with one attached hydrogen (secondary N) is 1. The van der Waals surface area contributed by atoms with Crippen LogP contribution in [0.2, 0.25) is 0 Å². The van der Waals surface area contributed by atoms with Crippen molar-refractivity contribution in [2.24, 2.45) is 0 Å². The maximum atomic E-state index is 11.5. The molecule has 2 N–H and O–H groups in total. The largest absolute Gasteiger partial charge is 0.480 e. The summed E-state index contributed by atoms with van der Waals surface area (Å²) in [5.74, 6) is -2.25. The predicted molar refractivity (Wildman–Crippen MR) is 67.8 cm³/mol. The number of carbonyl (C=O) groups is 3. The topological polar surface area (TPSA) is 102 Å². The van der Waals surface area contributed by atoms with E-state index in [4.69, 9.17) is 11.2 Å². The van der Waals surface area contributed by atoms with Crippen molar-refractivity contribution in [2.45, 2.75) is 19.5 Å². The van der Waals surface area contributed by atoms with Crippen LogP contribution in [0.3, 0.4) is 0 Å². The monoisotopic (exact) mass is 282 g/mol. The molecule has 0 aliphatic heterocycles. The number of alkyl carbamates (subject to hydrolysis) is 1. The summed E-state index contributed by atoms with van der Waals surface area (Å²) < 4.78 is 16.1. The highest BCUT2D eigenvalue weighted by Crippen LogP contribution is 2.01. The number of benzene rings is 1. The molecule has 7 nitrogen and oxygen atoms in total. The highest BCUT2D eigenvalue weighted by molar-refractivity contribution is 5.80. The fraction of sp³-hybridized carbons (Fsp3) is 0.308. The molecule has 0 unspecified atom stereocenters. The van der Waals surface area contributed by atoms with Gasteiger partial charge in [0.2, 0.25) is 0 Å². The SMILES string of the molecule is [2H]CC(=O)OC[C@H](NC(=O)OCc1ccccc1)C(=O)O. The first-order chi connectivity index (χ1) is 10.0. The van der Waals surface area contributed by atoms with Crippen molar-refractivity contribution in [3.8, 4) is 0 Å². The van der Waals surface area contributed by atoms with Gasteiger partial charge in [0.1, 0.15) is 13.2 Å². The van der Waals surface area contributed by atoms with E-state index < -0.39 is 37.6 Å². The molecular weight excluding hydrogens is 266 g/mol. The zero-order valence-electron chi connectivity index (χ0n) is 11.6. The lowest BCUT2D eigenvalue weighted by Crippen LogP contribution is -2.44. The van der Waals surface area contributed by atoms with Crippen LogP contribution in [-0.4, -0.2) is 35.8 Å². The van der Waals surface area contributed by atoms with Crippen LogP contribution in [0.25, 0.3) is 0 Å². The summed E-state index contributed by atoms with van der Waals surface area (Å²) in [6, 6.07) is 7.43. The second-order valence-corrected chi connectivity index (χ2v) is 3.78. The maximum Gasteiger partial charge on any atom is 0.408 e. The highest BCUT2D eigenvalue weighted by Gasteiger charge is 2.22. The van der Waals surface area contributed by atoms with Crippen molar-refractivity contribution in [1.82, 2.24) is 5.32 Å². The summed E-state index contributed by atoms with van der Waals surface area (Å²) in [6.45, 7) is -1.19. The number of amides is 1. The summed E-state index contributed by atoms with van der Waals surface area (Å²) in [6.07, 6.45) is -0.937. The van der Waals surface area contributed by atoms with Crippen LogP contribution in [0.1, 0.15) is 13.8 Å². The fourth-order valence-electron chi connectivity index (χ4n) is 1.26. The summed E-state index contributed by atoms with van der Waals surface area (Å²) in [5.41, 5.74) is 0.750. The van der Waals surface area contributed by atoms with E-state index in [9.17, 15) is 14.4 Å². The van der Waals surface area contributed by atoms with Crippen LogP contribution >= 0.6 is 0 Å². The van der Waals surface area contributed by atoms with Crippen LogP contribution in [0.4, 0.5) is 4.79 Å². The molecule has 0 fully saturated rings. The van der Waals surface area contributed by atoms with E-state index in [0.29, 0.717) is 0 Å². The summed E-state index contributed by atoms with van der Waals surface area (Å²) >= 11 is 0. The highest BCUT2D eigenvalue weighted by atomic mass is 16.6. The predicted octanol–water partition coefficient (Wildman–Crippen LogP) is 0.929. The maximum absolute atomic E-state index is 11.5. The summed E-state index contributed by atoms with van der Waals surface area (Å²) in [4.78, 5) is 33.2. The third-order valence-electron chi connectivity index (χ3n) is 2.21. The molecular formula is C13H15NO6. The van der Waals surface area contributed by atoms with Gasteiger partial charge in [0.25, 0.3) is 0 Å². The van der Waals surface area contributed by atoms with Crippen LogP contribution in [0.15, 0.2) is 30.3 Å². The van der Waals surface area contributed by atoms with Gasteiger partial charge in [-0.2, -0.15) is 0 Å². The quantitative estimate of drug-likeness (QED) is 0.752. The number of hydrogen-bond acceptors (Lipinski definition) is 5. The van der Waals surface area contributed by atoms with E-state index in [0.717, 1.165) is 5.56 Å². The molecule has 0 aliphatic carbocycles. The molecule has 1 amide bonds. The van der Waals surface area contributed by atoms with Crippen LogP contribution in [-0.2, 0) is 25.7 Å². The van der Waals surface area contributed by atoms with Crippen molar-refractivity contribution in [2.75, 3.05) is 6.61 Å². The number of esters is 1. The minimum atomic E-state index is -1.43. The van der Waals surface area contributed by atoms with Gasteiger partial charge < -0.3 is 19.9 Å². The van der Waals surface area contributed by atoms with Crippen molar-refractivity contribution in [1.29, 1.82) is 0 Å². The Labute approximate surface area is 116 Å². The Morgan fingerprint density at radius 3 is 2.60 bits per heavy atom. The van der Waals surface area contributed by atoms with Gasteiger partial charge >= 0.3 is 18.0 Å². The lowest BCUT2D eigenvalue weighted by atomic mass is 10.2. The van der Waals surface area contributed by atoms with Gasteiger partial charge in [0, 0.05) is 8.27 Å². The van der Waals surface area contributed by atoms with Crippen molar-refractivity contribution in [3.63, 3.8) is 0 Å². The number of hydrogen-bond donors (Lipinski definition) is 2. The molecule has 0 aromatic heterocycles. The van der Waals surface area contributed by atoms with E-state index in [2.05, 4.69) is 10.1 Å². The molecule has 0 radical (unpaired) electrons. The first-order valence-corrected chi connectivity index (χ1v) is 5.67. The van der Waals surface area contributed by atoms with Gasteiger partial charge in [0.05, 0.1) is 0 Å². The third-order valence-corrected chi connectivity index (χ3v) is 2.21. The number of carboxylic acid groups (broad SMARTS) is 1. The van der Waals surface area contributed by atoms with Crippen LogP contribution < -0.4 is 5.32 Å². The molecule has 1 atom stereocenters. The molecule has 0 spiro atoms. The molecule has 20 heavy (non-hydrogen) atoms. The van der Waals surface area contributed by atoms with Crippen molar-refractivity contribution < 1.29 is 30.3 Å². The molecule has 108 valence electrons. The molecule has 0 bridgehead atoms. The molecule has 0 heterocycles. The van der Waals surface area contributed by atoms with E-state index >= 15 is 0 Å². The lowest BCUT2D eigenvalue weighted by molar-refractivity contribution is -0.146. The minimum absolute atomic E-state index is 0.00841. The third kappa shape index (κ3) is 5.85. The lowest BCUT2D eigenvalue weighted by Gasteiger charge is -2.14. The average Bonchev–Trinajstić information content (AvgIpc) is 2.49. The molecule has 0 saturated carbocycles. The Morgan fingerprint density at radius 1 is 1.30 bits per heavy atom. The number of aliphatic carboxylic acids is 1. The molecule has 1 rings (SSSR count). The standard InChI is InChI=1S/C13H15NO6/c1-9(15)19-8-11(12(16)17)14-13(18)20-7-10-5-3-2-4-6-10/h2-6,11H,7-8H2,1H3,(H,14,18)(H,16,17)/t11-/m0/s1/i1D. The van der Waals surface area contributed by atoms with E-state index in [1.54, 1.807) is 24.3 Å². The molecule has 1 aromatic carbocycles. The first-order valence-electron chi connectivity index (χ1n) is 6.38. The van der Waals surface area contributed by atoms with Crippen LogP contribution in [0.5, 0.6) is 0 Å². The minimum Gasteiger partial charge on any atom is -0.480 e. The van der Waals surface area contributed by atoms with Gasteiger partial charge in [-0.25, -0.2) is 9.59 Å². The Hall–Kier alpha value is -2.57. The van der Waals surface area contributed by atoms with E-state index in [1.807, 2.05) is 6.07 Å². The molecule has 0 saturated heterocycles. The molecule has 7 heteroatoms. The van der Waals surface area contributed by atoms with Gasteiger partial charge in [-0.3, -0.25) is 4.79 Å². The Balaban J connectivity index is 2.41. The number of carboxylic acids is 1. The average molecular weight is 282 g/mol. The Morgan fingerprint density at radius 2 is 2.00 bits per heavy atom. The van der Waals surface area contributed by atoms with Crippen molar-refractivity contribution >= 4 is 18.0 Å². The Kier molecular flexibility index (Phi) is 5.39. The van der Waals surface area contributed by atoms with Gasteiger partial charge in [-0.05, 0) is 5.56 Å². The number of rotatable bonds is 6. The second-order valence-electron chi connectivity index (χ2n) is 3.78. The van der Waals surface area contributed by atoms with E-state index in [-0.39, 0.29) is 6.61 Å². The molecule has 0 aliphatic rings. The van der Waals surface area contributed by atoms with Crippen molar-refractivity contribution in [3.05, 3.63) is 35.9 Å². The van der Waals surface area contributed by atoms with Crippen LogP contribution in [0, 0.1) is 0 Å². The zero-order valence-corrected chi connectivity index (χ0v) is 10.6. The number of ether oxygens (including phenoxy) is 2. The fourth-order valence-corrected chi connectivity index (χ4v) is 1.26. The summed E-state index contributed by atoms with van der Waals surface area (Å²) in [5, 5.41) is 11.0. The molecule has 1 aromatic rings. The Bertz CT molecular complexity index is 493. The summed E-state index contributed by atoms with van der Waals surface area (Å²) in [7, 11) is 0. The normalized spacial score (nSPS) is 11.9. The first kappa shape index (κ1) is 13.9. The van der Waals surface area contributed by atoms with Gasteiger partial charge in [0.15, 0.2) is 6.04 Å². The van der Waals surface area contributed by atoms with Gasteiger partial charge in [-0.15, -0.1) is 0 Å².